The van der Waals surface area contributed by atoms with Crippen molar-refractivity contribution < 1.29 is 4.79 Å². The minimum absolute atomic E-state index is 0.0356. The van der Waals surface area contributed by atoms with E-state index in [9.17, 15) is 4.79 Å². The first-order valence-corrected chi connectivity index (χ1v) is 9.74. The fraction of sp³-hybridized carbons (Fsp3) is 0.304. The van der Waals surface area contributed by atoms with Crippen molar-refractivity contribution in [2.24, 2.45) is 0 Å². The van der Waals surface area contributed by atoms with Gasteiger partial charge in [-0.05, 0) is 42.4 Å². The number of nitrogens with one attached hydrogen (secondary N) is 1. The van der Waals surface area contributed by atoms with Crippen LogP contribution in [0.5, 0.6) is 0 Å². The van der Waals surface area contributed by atoms with Gasteiger partial charge in [-0.3, -0.25) is 9.48 Å². The second kappa shape index (κ2) is 8.21. The SMILES string of the molecule is O=C(NCCn1ncc2c1CCCC2)C(c1ccccc1)c1ccccc1. The molecule has 138 valence electrons. The van der Waals surface area contributed by atoms with E-state index in [-0.39, 0.29) is 11.8 Å². The first kappa shape index (κ1) is 17.5. The number of fused-ring (bicyclic) bond motifs is 1. The number of rotatable bonds is 6. The van der Waals surface area contributed by atoms with Gasteiger partial charge in [-0.2, -0.15) is 5.10 Å². The van der Waals surface area contributed by atoms with E-state index in [4.69, 9.17) is 0 Å². The van der Waals surface area contributed by atoms with Crippen LogP contribution < -0.4 is 5.32 Å². The van der Waals surface area contributed by atoms with Gasteiger partial charge in [-0.25, -0.2) is 0 Å². The molecule has 0 spiro atoms. The minimum atomic E-state index is -0.293. The predicted octanol–water partition coefficient (Wildman–Crippen LogP) is 3.71. The van der Waals surface area contributed by atoms with Crippen molar-refractivity contribution in [1.82, 2.24) is 15.1 Å². The fourth-order valence-corrected chi connectivity index (χ4v) is 3.92. The summed E-state index contributed by atoms with van der Waals surface area (Å²) in [5, 5.41) is 7.65. The smallest absolute Gasteiger partial charge is 0.232 e. The number of hydrogen-bond donors (Lipinski definition) is 1. The Hall–Kier alpha value is -2.88. The highest BCUT2D eigenvalue weighted by Crippen LogP contribution is 2.25. The van der Waals surface area contributed by atoms with Crippen LogP contribution in [0.25, 0.3) is 0 Å². The lowest BCUT2D eigenvalue weighted by Crippen LogP contribution is -2.33. The molecule has 0 saturated heterocycles. The van der Waals surface area contributed by atoms with E-state index in [0.717, 1.165) is 30.5 Å². The first-order valence-electron chi connectivity index (χ1n) is 9.74. The number of amides is 1. The van der Waals surface area contributed by atoms with Gasteiger partial charge in [0.15, 0.2) is 0 Å². The Kier molecular flexibility index (Phi) is 5.33. The van der Waals surface area contributed by atoms with E-state index in [1.165, 1.54) is 24.1 Å². The lowest BCUT2D eigenvalue weighted by molar-refractivity contribution is -0.121. The van der Waals surface area contributed by atoms with Crippen LogP contribution in [0.1, 0.15) is 41.1 Å². The summed E-state index contributed by atoms with van der Waals surface area (Å²) in [5.74, 6) is -0.257. The standard InChI is InChI=1S/C23H25N3O/c27-23(24-15-16-26-21-14-8-7-13-20(21)17-25-26)22(18-9-3-1-4-10-18)19-11-5-2-6-12-19/h1-6,9-12,17,22H,7-8,13-16H2,(H,24,27). The molecule has 0 saturated carbocycles. The van der Waals surface area contributed by atoms with E-state index in [2.05, 4.69) is 15.1 Å². The number of nitrogens with zero attached hydrogens (tertiary/aromatic N) is 2. The highest BCUT2D eigenvalue weighted by atomic mass is 16.1. The molecule has 0 aliphatic heterocycles. The molecule has 0 atom stereocenters. The molecule has 4 rings (SSSR count). The third-order valence-corrected chi connectivity index (χ3v) is 5.30. The molecule has 0 fully saturated rings. The number of carbonyl (C=O) groups is 1. The molecule has 1 aromatic heterocycles. The summed E-state index contributed by atoms with van der Waals surface area (Å²) >= 11 is 0. The highest BCUT2D eigenvalue weighted by molar-refractivity contribution is 5.87. The maximum atomic E-state index is 13.0. The van der Waals surface area contributed by atoms with Crippen LogP contribution >= 0.6 is 0 Å². The maximum absolute atomic E-state index is 13.0. The number of hydrogen-bond acceptors (Lipinski definition) is 2. The fourth-order valence-electron chi connectivity index (χ4n) is 3.92. The molecule has 4 nitrogen and oxygen atoms in total. The normalized spacial score (nSPS) is 13.4. The maximum Gasteiger partial charge on any atom is 0.232 e. The Bertz CT molecular complexity index is 847. The Balaban J connectivity index is 1.45. The zero-order valence-electron chi connectivity index (χ0n) is 15.5. The van der Waals surface area contributed by atoms with E-state index < -0.39 is 0 Å². The predicted molar refractivity (Wildman–Crippen MR) is 107 cm³/mol. The lowest BCUT2D eigenvalue weighted by Gasteiger charge is -2.18. The van der Waals surface area contributed by atoms with Crippen molar-refractivity contribution >= 4 is 5.91 Å². The number of aromatic nitrogens is 2. The zero-order chi connectivity index (χ0) is 18.5. The van der Waals surface area contributed by atoms with Gasteiger partial charge in [0.25, 0.3) is 0 Å². The second-order valence-corrected chi connectivity index (χ2v) is 7.09. The van der Waals surface area contributed by atoms with Gasteiger partial charge in [-0.1, -0.05) is 60.7 Å². The molecule has 1 heterocycles. The van der Waals surface area contributed by atoms with Crippen LogP contribution in [0, 0.1) is 0 Å². The molecule has 0 unspecified atom stereocenters. The van der Waals surface area contributed by atoms with Gasteiger partial charge in [-0.15, -0.1) is 0 Å². The number of benzene rings is 2. The molecular formula is C23H25N3O. The van der Waals surface area contributed by atoms with Gasteiger partial charge in [0.05, 0.1) is 18.7 Å². The summed E-state index contributed by atoms with van der Waals surface area (Å²) < 4.78 is 2.06. The third kappa shape index (κ3) is 3.95. The molecule has 2 aromatic carbocycles. The van der Waals surface area contributed by atoms with Crippen molar-refractivity contribution in [2.45, 2.75) is 38.1 Å². The molecule has 4 heteroatoms. The lowest BCUT2D eigenvalue weighted by atomic mass is 9.90. The number of aryl methyl sites for hydroxylation is 1. The molecule has 3 aromatic rings. The van der Waals surface area contributed by atoms with Crippen molar-refractivity contribution in [2.75, 3.05) is 6.54 Å². The van der Waals surface area contributed by atoms with E-state index in [1.54, 1.807) is 0 Å². The van der Waals surface area contributed by atoms with Gasteiger partial charge in [0.1, 0.15) is 0 Å². The highest BCUT2D eigenvalue weighted by Gasteiger charge is 2.22. The molecular weight excluding hydrogens is 334 g/mol. The Labute approximate surface area is 160 Å². The van der Waals surface area contributed by atoms with Gasteiger partial charge in [0.2, 0.25) is 5.91 Å². The van der Waals surface area contributed by atoms with E-state index >= 15 is 0 Å². The van der Waals surface area contributed by atoms with Crippen LogP contribution in [-0.4, -0.2) is 22.2 Å². The first-order chi connectivity index (χ1) is 13.3. The molecule has 1 aliphatic carbocycles. The van der Waals surface area contributed by atoms with Gasteiger partial charge >= 0.3 is 0 Å². The number of carbonyl (C=O) groups excluding carboxylic acids is 1. The minimum Gasteiger partial charge on any atom is -0.353 e. The summed E-state index contributed by atoms with van der Waals surface area (Å²) in [7, 11) is 0. The summed E-state index contributed by atoms with van der Waals surface area (Å²) in [6, 6.07) is 19.9. The van der Waals surface area contributed by atoms with Crippen LogP contribution in [-0.2, 0) is 24.2 Å². The topological polar surface area (TPSA) is 46.9 Å². The van der Waals surface area contributed by atoms with Crippen molar-refractivity contribution in [3.8, 4) is 0 Å². The third-order valence-electron chi connectivity index (χ3n) is 5.30. The van der Waals surface area contributed by atoms with Gasteiger partial charge < -0.3 is 5.32 Å². The van der Waals surface area contributed by atoms with E-state index in [1.807, 2.05) is 66.9 Å². The van der Waals surface area contributed by atoms with Crippen molar-refractivity contribution in [3.63, 3.8) is 0 Å². The van der Waals surface area contributed by atoms with Crippen LogP contribution in [0.4, 0.5) is 0 Å². The largest absolute Gasteiger partial charge is 0.353 e. The monoisotopic (exact) mass is 359 g/mol. The molecule has 1 aliphatic rings. The Morgan fingerprint density at radius 2 is 1.59 bits per heavy atom. The Morgan fingerprint density at radius 3 is 2.26 bits per heavy atom. The average molecular weight is 359 g/mol. The summed E-state index contributed by atoms with van der Waals surface area (Å²) in [4.78, 5) is 13.0. The average Bonchev–Trinajstić information content (AvgIpc) is 3.13. The molecule has 0 radical (unpaired) electrons. The second-order valence-electron chi connectivity index (χ2n) is 7.09. The summed E-state index contributed by atoms with van der Waals surface area (Å²) in [6.07, 6.45) is 6.71. The zero-order valence-corrected chi connectivity index (χ0v) is 15.5. The summed E-state index contributed by atoms with van der Waals surface area (Å²) in [6.45, 7) is 1.31. The molecule has 0 bridgehead atoms. The van der Waals surface area contributed by atoms with Crippen LogP contribution in [0.2, 0.25) is 0 Å². The quantitative estimate of drug-likeness (QED) is 0.729. The van der Waals surface area contributed by atoms with Crippen molar-refractivity contribution in [1.29, 1.82) is 0 Å². The Morgan fingerprint density at radius 1 is 0.963 bits per heavy atom. The molecule has 1 N–H and O–H groups in total. The van der Waals surface area contributed by atoms with E-state index in [0.29, 0.717) is 6.54 Å². The van der Waals surface area contributed by atoms with Crippen LogP contribution in [0.3, 0.4) is 0 Å². The summed E-state index contributed by atoms with van der Waals surface area (Å²) in [5.41, 5.74) is 4.74. The van der Waals surface area contributed by atoms with Crippen molar-refractivity contribution in [3.05, 3.63) is 89.2 Å². The molecule has 27 heavy (non-hydrogen) atoms. The van der Waals surface area contributed by atoms with Crippen LogP contribution in [0.15, 0.2) is 66.9 Å². The molecule has 1 amide bonds. The van der Waals surface area contributed by atoms with Gasteiger partial charge in [0, 0.05) is 12.2 Å².